The maximum Gasteiger partial charge on any atom is 0.268 e. The van der Waals surface area contributed by atoms with Crippen molar-refractivity contribution in [1.82, 2.24) is 5.32 Å². The molecule has 0 bridgehead atoms. The molecule has 4 rings (SSSR count). The van der Waals surface area contributed by atoms with Gasteiger partial charge in [-0.3, -0.25) is 14.6 Å². The minimum atomic E-state index is -0.783. The first-order valence-electron chi connectivity index (χ1n) is 8.88. The number of carbonyl (C=O) groups is 2. The van der Waals surface area contributed by atoms with Crippen LogP contribution in [-0.4, -0.2) is 23.6 Å². The van der Waals surface area contributed by atoms with Crippen LogP contribution in [0.1, 0.15) is 24.8 Å². The number of primary amides is 1. The molecule has 1 aliphatic carbocycles. The summed E-state index contributed by atoms with van der Waals surface area (Å²) < 4.78 is 14.2. The van der Waals surface area contributed by atoms with Crippen molar-refractivity contribution in [2.45, 2.75) is 30.8 Å². The smallest absolute Gasteiger partial charge is 0.268 e. The normalized spacial score (nSPS) is 19.9. The number of hydrogen-bond acceptors (Lipinski definition) is 4. The molecule has 28 heavy (non-hydrogen) atoms. The highest BCUT2D eigenvalue weighted by molar-refractivity contribution is 9.10. The van der Waals surface area contributed by atoms with Crippen LogP contribution in [-0.2, 0) is 15.1 Å². The standard InChI is InChI=1S/C20H18BrFN4O2/c21-13-3-1-12(2-4-13)20(9-10-20)24-19(28)16-11-17(18(23)27)26(25-16)15-7-5-14(22)6-8-15/h1-8,17H,9-11H2,(H2,23,27)(H,24,28). The van der Waals surface area contributed by atoms with Crippen LogP contribution in [0.4, 0.5) is 10.1 Å². The average Bonchev–Trinajstić information content (AvgIpc) is 3.30. The van der Waals surface area contributed by atoms with Gasteiger partial charge in [0.1, 0.15) is 17.6 Å². The van der Waals surface area contributed by atoms with Crippen molar-refractivity contribution >= 4 is 39.1 Å². The molecule has 0 radical (unpaired) electrons. The van der Waals surface area contributed by atoms with Crippen molar-refractivity contribution in [3.8, 4) is 0 Å². The fraction of sp³-hybridized carbons (Fsp3) is 0.250. The summed E-state index contributed by atoms with van der Waals surface area (Å²) in [6.07, 6.45) is 1.79. The molecular weight excluding hydrogens is 427 g/mol. The van der Waals surface area contributed by atoms with E-state index in [1.54, 1.807) is 0 Å². The topological polar surface area (TPSA) is 87.8 Å². The summed E-state index contributed by atoms with van der Waals surface area (Å²) in [6, 6.07) is 12.6. The van der Waals surface area contributed by atoms with E-state index < -0.39 is 23.3 Å². The van der Waals surface area contributed by atoms with Crippen molar-refractivity contribution < 1.29 is 14.0 Å². The van der Waals surface area contributed by atoms with Gasteiger partial charge >= 0.3 is 0 Å². The van der Waals surface area contributed by atoms with E-state index in [2.05, 4.69) is 26.3 Å². The van der Waals surface area contributed by atoms with E-state index >= 15 is 0 Å². The first kappa shape index (κ1) is 18.6. The maximum absolute atomic E-state index is 13.2. The molecule has 2 aromatic carbocycles. The minimum absolute atomic E-state index is 0.106. The SMILES string of the molecule is NC(=O)C1CC(C(=O)NC2(c3ccc(Br)cc3)CC2)=NN1c1ccc(F)cc1. The molecule has 8 heteroatoms. The molecular formula is C20H18BrFN4O2. The predicted molar refractivity (Wildman–Crippen MR) is 107 cm³/mol. The number of hydrogen-bond donors (Lipinski definition) is 2. The Morgan fingerprint density at radius 1 is 1.14 bits per heavy atom. The zero-order chi connectivity index (χ0) is 19.9. The van der Waals surface area contributed by atoms with E-state index in [0.717, 1.165) is 22.9 Å². The molecule has 1 fully saturated rings. The number of nitrogens with zero attached hydrogens (tertiary/aromatic N) is 2. The Labute approximate surface area is 169 Å². The zero-order valence-corrected chi connectivity index (χ0v) is 16.4. The molecule has 3 N–H and O–H groups in total. The molecule has 2 aromatic rings. The molecule has 2 amide bonds. The number of halogens is 2. The molecule has 1 heterocycles. The first-order chi connectivity index (χ1) is 13.4. The van der Waals surface area contributed by atoms with Gasteiger partial charge in [0.05, 0.1) is 11.2 Å². The number of benzene rings is 2. The molecule has 1 atom stereocenters. The maximum atomic E-state index is 13.2. The second-order valence-corrected chi connectivity index (χ2v) is 7.95. The quantitative estimate of drug-likeness (QED) is 0.742. The van der Waals surface area contributed by atoms with E-state index in [1.165, 1.54) is 29.3 Å². The second kappa shape index (κ2) is 7.01. The number of amides is 2. The summed E-state index contributed by atoms with van der Waals surface area (Å²) in [5, 5.41) is 8.76. The highest BCUT2D eigenvalue weighted by atomic mass is 79.9. The Balaban J connectivity index is 1.55. The average molecular weight is 445 g/mol. The number of carbonyl (C=O) groups excluding carboxylic acids is 2. The van der Waals surface area contributed by atoms with Crippen molar-refractivity contribution in [1.29, 1.82) is 0 Å². The van der Waals surface area contributed by atoms with Gasteiger partial charge in [0.15, 0.2) is 0 Å². The first-order valence-corrected chi connectivity index (χ1v) is 9.67. The Bertz CT molecular complexity index is 955. The molecule has 144 valence electrons. The van der Waals surface area contributed by atoms with Crippen LogP contribution in [0.2, 0.25) is 0 Å². The largest absolute Gasteiger partial charge is 0.368 e. The molecule has 0 aromatic heterocycles. The van der Waals surface area contributed by atoms with Gasteiger partial charge in [-0.25, -0.2) is 4.39 Å². The van der Waals surface area contributed by atoms with Crippen molar-refractivity contribution in [3.63, 3.8) is 0 Å². The van der Waals surface area contributed by atoms with Crippen molar-refractivity contribution in [2.75, 3.05) is 5.01 Å². The summed E-state index contributed by atoms with van der Waals surface area (Å²) >= 11 is 3.41. The van der Waals surface area contributed by atoms with Crippen LogP contribution in [0.25, 0.3) is 0 Å². The number of anilines is 1. The minimum Gasteiger partial charge on any atom is -0.368 e. The van der Waals surface area contributed by atoms with E-state index in [0.29, 0.717) is 5.69 Å². The molecule has 0 saturated heterocycles. The molecule has 0 spiro atoms. The molecule has 6 nitrogen and oxygen atoms in total. The van der Waals surface area contributed by atoms with E-state index in [-0.39, 0.29) is 18.0 Å². The van der Waals surface area contributed by atoms with Crippen LogP contribution in [0.3, 0.4) is 0 Å². The summed E-state index contributed by atoms with van der Waals surface area (Å²) in [6.45, 7) is 0. The van der Waals surface area contributed by atoms with Crippen molar-refractivity contribution in [3.05, 3.63) is 64.4 Å². The van der Waals surface area contributed by atoms with Gasteiger partial charge in [0.25, 0.3) is 5.91 Å². The van der Waals surface area contributed by atoms with Gasteiger partial charge < -0.3 is 11.1 Å². The number of nitrogens with two attached hydrogens (primary N) is 1. The van der Waals surface area contributed by atoms with Gasteiger partial charge in [-0.05, 0) is 54.8 Å². The lowest BCUT2D eigenvalue weighted by Crippen LogP contribution is -2.41. The highest BCUT2D eigenvalue weighted by Gasteiger charge is 2.47. The van der Waals surface area contributed by atoms with Crippen LogP contribution in [0.5, 0.6) is 0 Å². The van der Waals surface area contributed by atoms with Gasteiger partial charge in [-0.15, -0.1) is 0 Å². The predicted octanol–water partition coefficient (Wildman–Crippen LogP) is 2.81. The van der Waals surface area contributed by atoms with Crippen LogP contribution < -0.4 is 16.1 Å². The van der Waals surface area contributed by atoms with Gasteiger partial charge in [0, 0.05) is 10.9 Å². The fourth-order valence-electron chi connectivity index (χ4n) is 3.37. The third-order valence-electron chi connectivity index (χ3n) is 5.09. The van der Waals surface area contributed by atoms with Crippen LogP contribution in [0, 0.1) is 5.82 Å². The number of hydrazone groups is 1. The lowest BCUT2D eigenvalue weighted by molar-refractivity contribution is -0.119. The monoisotopic (exact) mass is 444 g/mol. The third-order valence-corrected chi connectivity index (χ3v) is 5.62. The highest BCUT2D eigenvalue weighted by Crippen LogP contribution is 2.45. The van der Waals surface area contributed by atoms with Gasteiger partial charge in [-0.1, -0.05) is 28.1 Å². The summed E-state index contributed by atoms with van der Waals surface area (Å²) in [4.78, 5) is 24.7. The number of nitrogens with one attached hydrogen (secondary N) is 1. The molecule has 1 saturated carbocycles. The van der Waals surface area contributed by atoms with Crippen LogP contribution >= 0.6 is 15.9 Å². The molecule has 1 aliphatic heterocycles. The summed E-state index contributed by atoms with van der Waals surface area (Å²) in [5.74, 6) is -1.31. The second-order valence-electron chi connectivity index (χ2n) is 7.03. The van der Waals surface area contributed by atoms with E-state index in [1.807, 2.05) is 24.3 Å². The number of rotatable bonds is 5. The Hall–Kier alpha value is -2.74. The Morgan fingerprint density at radius 2 is 1.79 bits per heavy atom. The van der Waals surface area contributed by atoms with E-state index in [4.69, 9.17) is 5.73 Å². The Morgan fingerprint density at radius 3 is 2.36 bits per heavy atom. The van der Waals surface area contributed by atoms with E-state index in [9.17, 15) is 14.0 Å². The lowest BCUT2D eigenvalue weighted by atomic mass is 10.0. The van der Waals surface area contributed by atoms with Gasteiger partial charge in [-0.2, -0.15) is 5.10 Å². The van der Waals surface area contributed by atoms with Gasteiger partial charge in [0.2, 0.25) is 5.91 Å². The fourth-order valence-corrected chi connectivity index (χ4v) is 3.63. The summed E-state index contributed by atoms with van der Waals surface area (Å²) in [5.41, 5.74) is 6.87. The lowest BCUT2D eigenvalue weighted by Gasteiger charge is -2.20. The third kappa shape index (κ3) is 3.52. The summed E-state index contributed by atoms with van der Waals surface area (Å²) in [7, 11) is 0. The van der Waals surface area contributed by atoms with Crippen LogP contribution in [0.15, 0.2) is 58.1 Å². The Kier molecular flexibility index (Phi) is 4.66. The van der Waals surface area contributed by atoms with Crippen molar-refractivity contribution in [2.24, 2.45) is 10.8 Å². The zero-order valence-electron chi connectivity index (χ0n) is 14.9. The molecule has 2 aliphatic rings. The molecule has 1 unspecified atom stereocenters.